The van der Waals surface area contributed by atoms with Crippen LogP contribution in [0.2, 0.25) is 0 Å². The SMILES string of the molecule is CC=Cc1ccc([C@@H]2[C@@H](CO)N(C(C)=O)C23CN(C(=O)NC2CCCCC2)C3)cc1. The summed E-state index contributed by atoms with van der Waals surface area (Å²) in [4.78, 5) is 28.8. The predicted molar refractivity (Wildman–Crippen MR) is 117 cm³/mol. The molecule has 3 aliphatic rings. The molecule has 0 radical (unpaired) electrons. The Bertz CT molecular complexity index is 807. The van der Waals surface area contributed by atoms with Gasteiger partial charge in [-0.3, -0.25) is 4.79 Å². The lowest BCUT2D eigenvalue weighted by Gasteiger charge is -2.70. The second kappa shape index (κ2) is 8.42. The molecule has 2 saturated heterocycles. The summed E-state index contributed by atoms with van der Waals surface area (Å²) in [6.07, 6.45) is 9.77. The van der Waals surface area contributed by atoms with E-state index >= 15 is 0 Å². The molecule has 0 bridgehead atoms. The highest BCUT2D eigenvalue weighted by atomic mass is 16.3. The van der Waals surface area contributed by atoms with Crippen LogP contribution in [-0.4, -0.2) is 64.2 Å². The fourth-order valence-electron chi connectivity index (χ4n) is 5.80. The zero-order valence-corrected chi connectivity index (χ0v) is 18.0. The Labute approximate surface area is 178 Å². The number of carbonyl (C=O) groups is 2. The van der Waals surface area contributed by atoms with Crippen LogP contribution in [0.25, 0.3) is 6.08 Å². The van der Waals surface area contributed by atoms with Crippen LogP contribution < -0.4 is 5.32 Å². The van der Waals surface area contributed by atoms with Gasteiger partial charge >= 0.3 is 6.03 Å². The topological polar surface area (TPSA) is 72.9 Å². The standard InChI is InChI=1S/C24H33N3O3/c1-3-7-18-10-12-19(13-11-18)22-21(14-28)27(17(2)29)24(22)15-26(16-24)23(30)25-20-8-5-4-6-9-20/h3,7,10-13,20-22,28H,4-6,8-9,14-16H2,1-2H3,(H,25,30)/t21-,22-/m1/s1. The van der Waals surface area contributed by atoms with Crippen molar-refractivity contribution in [2.24, 2.45) is 0 Å². The minimum Gasteiger partial charge on any atom is -0.394 e. The molecule has 30 heavy (non-hydrogen) atoms. The van der Waals surface area contributed by atoms with Crippen molar-refractivity contribution < 1.29 is 14.7 Å². The van der Waals surface area contributed by atoms with E-state index in [-0.39, 0.29) is 36.5 Å². The molecule has 162 valence electrons. The molecule has 6 heteroatoms. The number of hydrogen-bond acceptors (Lipinski definition) is 3. The summed E-state index contributed by atoms with van der Waals surface area (Å²) < 4.78 is 0. The number of nitrogens with one attached hydrogen (secondary N) is 1. The molecule has 1 spiro atoms. The van der Waals surface area contributed by atoms with Gasteiger partial charge in [-0.05, 0) is 30.9 Å². The lowest BCUT2D eigenvalue weighted by atomic mass is 9.60. The Morgan fingerprint density at radius 3 is 2.40 bits per heavy atom. The van der Waals surface area contributed by atoms with Gasteiger partial charge < -0.3 is 20.2 Å². The van der Waals surface area contributed by atoms with Gasteiger partial charge in [-0.2, -0.15) is 0 Å². The van der Waals surface area contributed by atoms with Crippen LogP contribution in [0.5, 0.6) is 0 Å². The average molecular weight is 412 g/mol. The van der Waals surface area contributed by atoms with E-state index in [0.29, 0.717) is 13.1 Å². The first-order chi connectivity index (χ1) is 14.5. The highest BCUT2D eigenvalue weighted by Gasteiger charge is 2.67. The highest BCUT2D eigenvalue weighted by molar-refractivity contribution is 5.80. The molecule has 0 aromatic heterocycles. The molecule has 1 aromatic carbocycles. The number of carbonyl (C=O) groups excluding carboxylic acids is 2. The Morgan fingerprint density at radius 2 is 1.83 bits per heavy atom. The van der Waals surface area contributed by atoms with Gasteiger partial charge in [0.1, 0.15) is 0 Å². The van der Waals surface area contributed by atoms with Crippen LogP contribution in [-0.2, 0) is 4.79 Å². The number of allylic oxidation sites excluding steroid dienone is 1. The van der Waals surface area contributed by atoms with Crippen molar-refractivity contribution in [3.8, 4) is 0 Å². The van der Waals surface area contributed by atoms with Crippen LogP contribution in [0, 0.1) is 0 Å². The van der Waals surface area contributed by atoms with Gasteiger partial charge in [0.05, 0.1) is 18.2 Å². The predicted octanol–water partition coefficient (Wildman–Crippen LogP) is 3.12. The highest BCUT2D eigenvalue weighted by Crippen LogP contribution is 2.53. The fraction of sp³-hybridized carbons (Fsp3) is 0.583. The van der Waals surface area contributed by atoms with Gasteiger partial charge in [-0.1, -0.05) is 55.7 Å². The van der Waals surface area contributed by atoms with Crippen molar-refractivity contribution in [2.45, 2.75) is 69.5 Å². The molecule has 6 nitrogen and oxygen atoms in total. The van der Waals surface area contributed by atoms with Crippen molar-refractivity contribution in [3.63, 3.8) is 0 Å². The summed E-state index contributed by atoms with van der Waals surface area (Å²) in [6, 6.07) is 8.33. The van der Waals surface area contributed by atoms with E-state index in [0.717, 1.165) is 24.0 Å². The molecule has 2 atom stereocenters. The zero-order valence-electron chi connectivity index (χ0n) is 18.0. The number of nitrogens with zero attached hydrogens (tertiary/aromatic N) is 2. The molecule has 2 aliphatic heterocycles. The van der Waals surface area contributed by atoms with E-state index in [1.807, 2.05) is 28.9 Å². The third-order valence-electron chi connectivity index (χ3n) is 7.11. The molecule has 1 aromatic rings. The molecular weight excluding hydrogens is 378 g/mol. The quantitative estimate of drug-likeness (QED) is 0.800. The Morgan fingerprint density at radius 1 is 1.17 bits per heavy atom. The molecule has 1 aliphatic carbocycles. The summed E-state index contributed by atoms with van der Waals surface area (Å²) in [5.41, 5.74) is 1.83. The van der Waals surface area contributed by atoms with Gasteiger partial charge in [-0.15, -0.1) is 0 Å². The average Bonchev–Trinajstić information content (AvgIpc) is 2.68. The van der Waals surface area contributed by atoms with E-state index in [1.54, 1.807) is 6.92 Å². The number of hydrogen-bond donors (Lipinski definition) is 2. The van der Waals surface area contributed by atoms with Crippen LogP contribution in [0.4, 0.5) is 4.79 Å². The van der Waals surface area contributed by atoms with E-state index in [9.17, 15) is 14.7 Å². The molecule has 3 fully saturated rings. The lowest BCUT2D eigenvalue weighted by Crippen LogP contribution is -2.86. The number of aliphatic hydroxyl groups excluding tert-OH is 1. The van der Waals surface area contributed by atoms with Crippen LogP contribution in [0.15, 0.2) is 30.3 Å². The molecule has 4 rings (SSSR count). The summed E-state index contributed by atoms with van der Waals surface area (Å²) in [7, 11) is 0. The summed E-state index contributed by atoms with van der Waals surface area (Å²) >= 11 is 0. The molecule has 3 amide bonds. The first-order valence-corrected chi connectivity index (χ1v) is 11.2. The lowest BCUT2D eigenvalue weighted by molar-refractivity contribution is -0.191. The van der Waals surface area contributed by atoms with Crippen molar-refractivity contribution in [1.29, 1.82) is 0 Å². The zero-order chi connectivity index (χ0) is 21.3. The Kier molecular flexibility index (Phi) is 5.87. The smallest absolute Gasteiger partial charge is 0.317 e. The minimum absolute atomic E-state index is 0.0225. The van der Waals surface area contributed by atoms with Gasteiger partial charge in [0.15, 0.2) is 0 Å². The Hall–Kier alpha value is -2.34. The third-order valence-corrected chi connectivity index (χ3v) is 7.11. The molecular formula is C24H33N3O3. The second-order valence-electron chi connectivity index (χ2n) is 9.03. The maximum atomic E-state index is 12.8. The van der Waals surface area contributed by atoms with Crippen molar-refractivity contribution in [1.82, 2.24) is 15.1 Å². The maximum absolute atomic E-state index is 12.8. The maximum Gasteiger partial charge on any atom is 0.317 e. The number of aliphatic hydroxyl groups is 1. The third kappa shape index (κ3) is 3.51. The second-order valence-corrected chi connectivity index (χ2v) is 9.03. The van der Waals surface area contributed by atoms with Crippen LogP contribution >= 0.6 is 0 Å². The minimum atomic E-state index is -0.411. The number of rotatable bonds is 4. The normalized spacial score (nSPS) is 25.8. The molecule has 0 unspecified atom stereocenters. The Balaban J connectivity index is 1.50. The fourth-order valence-corrected chi connectivity index (χ4v) is 5.80. The van der Waals surface area contributed by atoms with Gasteiger partial charge in [0, 0.05) is 32.0 Å². The van der Waals surface area contributed by atoms with Crippen molar-refractivity contribution in [3.05, 3.63) is 41.5 Å². The summed E-state index contributed by atoms with van der Waals surface area (Å²) in [5, 5.41) is 13.2. The largest absolute Gasteiger partial charge is 0.394 e. The molecule has 2 heterocycles. The number of amides is 3. The summed E-state index contributed by atoms with van der Waals surface area (Å²) in [6.45, 7) is 4.51. The van der Waals surface area contributed by atoms with E-state index in [4.69, 9.17) is 0 Å². The molecule has 2 N–H and O–H groups in total. The van der Waals surface area contributed by atoms with Gasteiger partial charge in [0.25, 0.3) is 0 Å². The van der Waals surface area contributed by atoms with E-state index in [2.05, 4.69) is 29.6 Å². The van der Waals surface area contributed by atoms with Crippen molar-refractivity contribution in [2.75, 3.05) is 19.7 Å². The first kappa shape index (κ1) is 20.9. The number of likely N-dealkylation sites (tertiary alicyclic amines) is 2. The molecule has 1 saturated carbocycles. The number of urea groups is 1. The first-order valence-electron chi connectivity index (χ1n) is 11.2. The van der Waals surface area contributed by atoms with Crippen molar-refractivity contribution >= 4 is 18.0 Å². The van der Waals surface area contributed by atoms with Crippen LogP contribution in [0.1, 0.15) is 63.0 Å². The number of benzene rings is 1. The van der Waals surface area contributed by atoms with E-state index in [1.165, 1.54) is 19.3 Å². The van der Waals surface area contributed by atoms with Gasteiger partial charge in [0.2, 0.25) is 5.91 Å². The van der Waals surface area contributed by atoms with E-state index < -0.39 is 5.54 Å². The monoisotopic (exact) mass is 411 g/mol. The van der Waals surface area contributed by atoms with Crippen LogP contribution in [0.3, 0.4) is 0 Å². The van der Waals surface area contributed by atoms with Gasteiger partial charge in [-0.25, -0.2) is 4.79 Å². The summed E-state index contributed by atoms with van der Waals surface area (Å²) in [5.74, 6) is -0.00652.